The predicted molar refractivity (Wildman–Crippen MR) is 126 cm³/mol. The number of oxazole rings is 1. The smallest absolute Gasteiger partial charge is 0.293 e. The number of aromatic nitrogens is 1. The van der Waals surface area contributed by atoms with E-state index in [9.17, 15) is 4.79 Å². The molecule has 2 aromatic heterocycles. The zero-order valence-electron chi connectivity index (χ0n) is 16.9. The number of ether oxygens (including phenoxy) is 1. The lowest BCUT2D eigenvalue weighted by molar-refractivity contribution is 0.0953. The largest absolute Gasteiger partial charge is 0.497 e. The molecular formula is C24H17N3O4S. The van der Waals surface area contributed by atoms with E-state index in [2.05, 4.69) is 15.6 Å². The van der Waals surface area contributed by atoms with E-state index >= 15 is 0 Å². The number of hydrogen-bond acceptors (Lipinski definition) is 6. The van der Waals surface area contributed by atoms with Gasteiger partial charge >= 0.3 is 0 Å². The van der Waals surface area contributed by atoms with Gasteiger partial charge in [-0.2, -0.15) is 0 Å². The molecule has 0 unspecified atom stereocenters. The first kappa shape index (κ1) is 19.8. The van der Waals surface area contributed by atoms with E-state index < -0.39 is 5.91 Å². The maximum absolute atomic E-state index is 12.5. The van der Waals surface area contributed by atoms with Crippen LogP contribution in [0.1, 0.15) is 10.6 Å². The summed E-state index contributed by atoms with van der Waals surface area (Å²) >= 11 is 5.28. The molecule has 0 saturated carbocycles. The van der Waals surface area contributed by atoms with Gasteiger partial charge in [-0.15, -0.1) is 0 Å². The fraction of sp³-hybridized carbons (Fsp3) is 0.0417. The topological polar surface area (TPSA) is 89.5 Å². The predicted octanol–water partition coefficient (Wildman–Crippen LogP) is 5.38. The molecule has 3 aromatic carbocycles. The molecule has 0 fully saturated rings. The van der Waals surface area contributed by atoms with Crippen LogP contribution in [-0.4, -0.2) is 23.1 Å². The number of carbonyl (C=O) groups is 1. The number of furan rings is 1. The molecule has 0 bridgehead atoms. The van der Waals surface area contributed by atoms with Crippen LogP contribution in [0.5, 0.6) is 5.75 Å². The highest BCUT2D eigenvalue weighted by atomic mass is 32.1. The van der Waals surface area contributed by atoms with Crippen molar-refractivity contribution in [3.05, 3.63) is 78.6 Å². The van der Waals surface area contributed by atoms with Crippen molar-refractivity contribution in [1.29, 1.82) is 0 Å². The van der Waals surface area contributed by atoms with Gasteiger partial charge in [0, 0.05) is 16.6 Å². The Hall–Kier alpha value is -4.17. The van der Waals surface area contributed by atoms with Crippen LogP contribution in [0.3, 0.4) is 0 Å². The van der Waals surface area contributed by atoms with Gasteiger partial charge in [0.05, 0.1) is 7.11 Å². The summed E-state index contributed by atoms with van der Waals surface area (Å²) in [6, 6.07) is 21.9. The fourth-order valence-corrected chi connectivity index (χ4v) is 3.52. The van der Waals surface area contributed by atoms with Gasteiger partial charge in [-0.25, -0.2) is 4.98 Å². The second kappa shape index (κ2) is 8.16. The fourth-order valence-electron chi connectivity index (χ4n) is 3.31. The molecule has 1 amide bonds. The molecule has 7 nitrogen and oxygen atoms in total. The van der Waals surface area contributed by atoms with Crippen LogP contribution < -0.4 is 15.4 Å². The number of fused-ring (bicyclic) bond motifs is 2. The number of anilines is 1. The number of benzene rings is 3. The third kappa shape index (κ3) is 3.91. The van der Waals surface area contributed by atoms with Gasteiger partial charge in [0.1, 0.15) is 16.8 Å². The Bertz CT molecular complexity index is 1440. The lowest BCUT2D eigenvalue weighted by Crippen LogP contribution is -2.33. The van der Waals surface area contributed by atoms with Gasteiger partial charge in [-0.05, 0) is 60.7 Å². The molecule has 0 aliphatic rings. The Labute approximate surface area is 188 Å². The second-order valence-electron chi connectivity index (χ2n) is 6.99. The molecule has 0 atom stereocenters. The Morgan fingerprint density at radius 1 is 0.969 bits per heavy atom. The number of nitrogens with one attached hydrogen (secondary N) is 2. The summed E-state index contributed by atoms with van der Waals surface area (Å²) in [5.41, 5.74) is 3.39. The van der Waals surface area contributed by atoms with Crippen molar-refractivity contribution in [2.24, 2.45) is 0 Å². The van der Waals surface area contributed by atoms with Gasteiger partial charge in [0.15, 0.2) is 16.5 Å². The third-order valence-corrected chi connectivity index (χ3v) is 5.04. The van der Waals surface area contributed by atoms with E-state index in [1.807, 2.05) is 42.5 Å². The van der Waals surface area contributed by atoms with Crippen molar-refractivity contribution in [3.8, 4) is 17.2 Å². The minimum atomic E-state index is -0.429. The first-order chi connectivity index (χ1) is 15.6. The summed E-state index contributed by atoms with van der Waals surface area (Å²) in [5.74, 6) is 0.959. The highest BCUT2D eigenvalue weighted by molar-refractivity contribution is 7.80. The number of hydrogen-bond donors (Lipinski definition) is 2. The van der Waals surface area contributed by atoms with Crippen LogP contribution in [0.2, 0.25) is 0 Å². The van der Waals surface area contributed by atoms with E-state index in [1.165, 1.54) is 0 Å². The first-order valence-electron chi connectivity index (χ1n) is 9.75. The Balaban J connectivity index is 1.31. The lowest BCUT2D eigenvalue weighted by Gasteiger charge is -2.08. The summed E-state index contributed by atoms with van der Waals surface area (Å²) in [6.45, 7) is 0. The van der Waals surface area contributed by atoms with Gasteiger partial charge < -0.3 is 18.9 Å². The number of methoxy groups -OCH3 is 1. The molecule has 158 valence electrons. The molecule has 5 rings (SSSR count). The second-order valence-corrected chi connectivity index (χ2v) is 7.40. The molecule has 32 heavy (non-hydrogen) atoms. The van der Waals surface area contributed by atoms with Gasteiger partial charge in [-0.3, -0.25) is 10.1 Å². The first-order valence-corrected chi connectivity index (χ1v) is 10.2. The minimum absolute atomic E-state index is 0.145. The molecule has 0 radical (unpaired) electrons. The van der Waals surface area contributed by atoms with E-state index in [1.54, 1.807) is 37.4 Å². The molecule has 0 spiro atoms. The summed E-state index contributed by atoms with van der Waals surface area (Å²) < 4.78 is 16.7. The van der Waals surface area contributed by atoms with E-state index in [0.717, 1.165) is 16.7 Å². The molecular weight excluding hydrogens is 426 g/mol. The number of amides is 1. The van der Waals surface area contributed by atoms with Crippen molar-refractivity contribution < 1.29 is 18.4 Å². The standard InChI is InChI=1S/C24H17N3O4S/c1-29-17-7-4-6-15(11-17)23-26-18-13-16(9-10-20(18)31-23)25-24(32)27-22(28)21-12-14-5-2-3-8-19(14)30-21/h2-13H,1H3,(H2,25,27,28,32). The lowest BCUT2D eigenvalue weighted by atomic mass is 10.2. The zero-order valence-corrected chi connectivity index (χ0v) is 17.7. The Morgan fingerprint density at radius 3 is 2.69 bits per heavy atom. The van der Waals surface area contributed by atoms with Crippen molar-refractivity contribution in [2.45, 2.75) is 0 Å². The van der Waals surface area contributed by atoms with Crippen LogP contribution >= 0.6 is 12.2 Å². The molecule has 8 heteroatoms. The molecule has 0 aliphatic carbocycles. The number of nitrogens with zero attached hydrogens (tertiary/aromatic N) is 1. The van der Waals surface area contributed by atoms with Gasteiger partial charge in [0.2, 0.25) is 5.89 Å². The molecule has 2 heterocycles. The SMILES string of the molecule is COc1cccc(-c2nc3cc(NC(=S)NC(=O)c4cc5ccccc5o4)ccc3o2)c1. The number of thiocarbonyl (C=S) groups is 1. The summed E-state index contributed by atoms with van der Waals surface area (Å²) in [6.07, 6.45) is 0. The summed E-state index contributed by atoms with van der Waals surface area (Å²) in [5, 5.41) is 6.61. The van der Waals surface area contributed by atoms with Crippen LogP contribution in [-0.2, 0) is 0 Å². The van der Waals surface area contributed by atoms with E-state index in [-0.39, 0.29) is 10.9 Å². The van der Waals surface area contributed by atoms with E-state index in [0.29, 0.717) is 28.3 Å². The van der Waals surface area contributed by atoms with Crippen molar-refractivity contribution in [2.75, 3.05) is 12.4 Å². The van der Waals surface area contributed by atoms with Crippen LogP contribution in [0.15, 0.2) is 81.6 Å². The molecule has 2 N–H and O–H groups in total. The normalized spacial score (nSPS) is 10.9. The van der Waals surface area contributed by atoms with Crippen molar-refractivity contribution >= 4 is 51.0 Å². The van der Waals surface area contributed by atoms with Gasteiger partial charge in [-0.1, -0.05) is 24.3 Å². The molecule has 0 saturated heterocycles. The number of rotatable bonds is 4. The number of para-hydroxylation sites is 1. The summed E-state index contributed by atoms with van der Waals surface area (Å²) in [7, 11) is 1.61. The van der Waals surface area contributed by atoms with Crippen LogP contribution in [0.4, 0.5) is 5.69 Å². The quantitative estimate of drug-likeness (QED) is 0.361. The summed E-state index contributed by atoms with van der Waals surface area (Å²) in [4.78, 5) is 17.0. The average molecular weight is 443 g/mol. The van der Waals surface area contributed by atoms with Crippen LogP contribution in [0, 0.1) is 0 Å². The third-order valence-electron chi connectivity index (χ3n) is 4.84. The highest BCUT2D eigenvalue weighted by Gasteiger charge is 2.14. The Morgan fingerprint density at radius 2 is 1.84 bits per heavy atom. The minimum Gasteiger partial charge on any atom is -0.497 e. The monoisotopic (exact) mass is 443 g/mol. The number of carbonyl (C=O) groups excluding carboxylic acids is 1. The van der Waals surface area contributed by atoms with Gasteiger partial charge in [0.25, 0.3) is 5.91 Å². The Kier molecular flexibility index (Phi) is 5.04. The highest BCUT2D eigenvalue weighted by Crippen LogP contribution is 2.28. The molecule has 5 aromatic rings. The average Bonchev–Trinajstić information content (AvgIpc) is 3.43. The van der Waals surface area contributed by atoms with E-state index in [4.69, 9.17) is 25.8 Å². The zero-order chi connectivity index (χ0) is 22.1. The van der Waals surface area contributed by atoms with Crippen LogP contribution in [0.25, 0.3) is 33.5 Å². The van der Waals surface area contributed by atoms with Crippen molar-refractivity contribution in [1.82, 2.24) is 10.3 Å². The maximum atomic E-state index is 12.5. The van der Waals surface area contributed by atoms with Crippen molar-refractivity contribution in [3.63, 3.8) is 0 Å². The maximum Gasteiger partial charge on any atom is 0.293 e. The molecule has 0 aliphatic heterocycles.